The van der Waals surface area contributed by atoms with Crippen LogP contribution in [0.2, 0.25) is 0 Å². The van der Waals surface area contributed by atoms with Crippen molar-refractivity contribution in [3.8, 4) is 0 Å². The molecule has 1 aromatic heterocycles. The summed E-state index contributed by atoms with van der Waals surface area (Å²) in [7, 11) is 0. The van der Waals surface area contributed by atoms with Crippen LogP contribution in [0, 0.1) is 12.8 Å². The lowest BCUT2D eigenvalue weighted by Crippen LogP contribution is -2.32. The number of hydrogen-bond acceptors (Lipinski definition) is 4. The minimum Gasteiger partial charge on any atom is -0.310 e. The summed E-state index contributed by atoms with van der Waals surface area (Å²) in [6.07, 6.45) is 3.35. The van der Waals surface area contributed by atoms with Crippen LogP contribution in [-0.2, 0) is 4.79 Å². The fraction of sp³-hybridized carbons (Fsp3) is 0.636. The quantitative estimate of drug-likeness (QED) is 0.820. The topological polar surface area (TPSA) is 54.0 Å². The summed E-state index contributed by atoms with van der Waals surface area (Å²) in [6.45, 7) is 1.94. The van der Waals surface area contributed by atoms with Crippen molar-refractivity contribution in [1.29, 1.82) is 0 Å². The number of thiazole rings is 1. The maximum absolute atomic E-state index is 12.0. The molecule has 3 rings (SSSR count). The van der Waals surface area contributed by atoms with Crippen LogP contribution in [0.5, 0.6) is 0 Å². The van der Waals surface area contributed by atoms with Crippen molar-refractivity contribution in [3.05, 3.63) is 11.1 Å². The normalized spacial score (nSPS) is 31.9. The van der Waals surface area contributed by atoms with Crippen molar-refractivity contribution in [3.63, 3.8) is 0 Å². The Morgan fingerprint density at radius 2 is 2.50 bits per heavy atom. The second-order valence-electron chi connectivity index (χ2n) is 4.67. The van der Waals surface area contributed by atoms with E-state index < -0.39 is 0 Å². The first-order chi connectivity index (χ1) is 7.72. The Hall–Kier alpha value is -0.940. The third-order valence-corrected chi connectivity index (χ3v) is 4.36. The van der Waals surface area contributed by atoms with Gasteiger partial charge in [0.15, 0.2) is 5.13 Å². The molecule has 2 aliphatic rings. The molecule has 2 saturated heterocycles. The second kappa shape index (κ2) is 3.82. The summed E-state index contributed by atoms with van der Waals surface area (Å²) in [4.78, 5) is 16.3. The molecule has 16 heavy (non-hydrogen) atoms. The van der Waals surface area contributed by atoms with Gasteiger partial charge >= 0.3 is 0 Å². The zero-order valence-electron chi connectivity index (χ0n) is 9.19. The van der Waals surface area contributed by atoms with Crippen molar-refractivity contribution in [2.24, 2.45) is 5.92 Å². The fourth-order valence-electron chi connectivity index (χ4n) is 2.72. The lowest BCUT2D eigenvalue weighted by molar-refractivity contribution is -0.120. The number of rotatable bonds is 2. The number of anilines is 1. The van der Waals surface area contributed by atoms with Crippen LogP contribution < -0.4 is 10.6 Å². The molecule has 0 spiro atoms. The van der Waals surface area contributed by atoms with E-state index in [1.807, 2.05) is 12.3 Å². The molecule has 1 aromatic rings. The monoisotopic (exact) mass is 237 g/mol. The van der Waals surface area contributed by atoms with Crippen molar-refractivity contribution in [2.75, 3.05) is 5.32 Å². The summed E-state index contributed by atoms with van der Waals surface area (Å²) >= 11 is 1.49. The minimum absolute atomic E-state index is 0.133. The molecule has 86 valence electrons. The lowest BCUT2D eigenvalue weighted by atomic mass is 9.88. The highest BCUT2D eigenvalue weighted by molar-refractivity contribution is 7.13. The summed E-state index contributed by atoms with van der Waals surface area (Å²) in [5.74, 6) is 0.275. The first-order valence-corrected chi connectivity index (χ1v) is 6.59. The third-order valence-electron chi connectivity index (χ3n) is 3.49. The number of carbonyl (C=O) groups is 1. The van der Waals surface area contributed by atoms with Crippen molar-refractivity contribution >= 4 is 22.4 Å². The summed E-state index contributed by atoms with van der Waals surface area (Å²) in [6, 6.07) is 0.963. The molecule has 3 heterocycles. The standard InChI is InChI=1S/C11H15N3OS/c1-6-5-16-11(12-6)14-10(15)8-4-7-2-3-9(8)13-7/h5,7-9,13H,2-4H2,1H3,(H,12,14,15). The SMILES string of the molecule is Cc1csc(NC(=O)C2CC3CCC2N3)n1. The fourth-order valence-corrected chi connectivity index (χ4v) is 3.41. The van der Waals surface area contributed by atoms with E-state index in [1.54, 1.807) is 0 Å². The number of fused-ring (bicyclic) bond motifs is 2. The van der Waals surface area contributed by atoms with Crippen molar-refractivity contribution in [2.45, 2.75) is 38.3 Å². The molecule has 5 heteroatoms. The number of aromatic nitrogens is 1. The van der Waals surface area contributed by atoms with E-state index in [0.717, 1.165) is 23.7 Å². The summed E-state index contributed by atoms with van der Waals surface area (Å²) in [5.41, 5.74) is 0.964. The average Bonchev–Trinajstić information content (AvgIpc) is 2.93. The van der Waals surface area contributed by atoms with Crippen molar-refractivity contribution in [1.82, 2.24) is 10.3 Å². The van der Waals surface area contributed by atoms with Crippen LogP contribution >= 0.6 is 11.3 Å². The first-order valence-electron chi connectivity index (χ1n) is 5.71. The van der Waals surface area contributed by atoms with E-state index in [0.29, 0.717) is 12.1 Å². The largest absolute Gasteiger partial charge is 0.310 e. The Bertz CT molecular complexity index is 417. The number of nitrogens with one attached hydrogen (secondary N) is 2. The molecule has 0 saturated carbocycles. The molecule has 0 aromatic carbocycles. The Kier molecular flexibility index (Phi) is 2.44. The van der Waals surface area contributed by atoms with Crippen LogP contribution in [-0.4, -0.2) is 23.0 Å². The number of aryl methyl sites for hydroxylation is 1. The molecule has 0 radical (unpaired) electrons. The van der Waals surface area contributed by atoms with E-state index in [1.165, 1.54) is 17.8 Å². The molecule has 2 N–H and O–H groups in total. The maximum Gasteiger partial charge on any atom is 0.230 e. The van der Waals surface area contributed by atoms with Gasteiger partial charge in [0.1, 0.15) is 0 Å². The molecular formula is C11H15N3OS. The van der Waals surface area contributed by atoms with Gasteiger partial charge in [-0.25, -0.2) is 4.98 Å². The molecule has 3 atom stereocenters. The van der Waals surface area contributed by atoms with E-state index in [2.05, 4.69) is 15.6 Å². The maximum atomic E-state index is 12.0. The van der Waals surface area contributed by atoms with E-state index in [-0.39, 0.29) is 11.8 Å². The lowest BCUT2D eigenvalue weighted by Gasteiger charge is -2.18. The number of carbonyl (C=O) groups excluding carboxylic acids is 1. The van der Waals surface area contributed by atoms with E-state index >= 15 is 0 Å². The predicted octanol–water partition coefficient (Wildman–Crippen LogP) is 1.53. The molecular weight excluding hydrogens is 222 g/mol. The Labute approximate surface area is 98.5 Å². The molecule has 1 amide bonds. The van der Waals surface area contributed by atoms with Gasteiger partial charge in [0.2, 0.25) is 5.91 Å². The molecule has 2 bridgehead atoms. The van der Waals surface area contributed by atoms with Gasteiger partial charge in [0.25, 0.3) is 0 Å². The zero-order chi connectivity index (χ0) is 11.1. The third kappa shape index (κ3) is 1.74. The number of hydrogen-bond donors (Lipinski definition) is 2. The average molecular weight is 237 g/mol. The van der Waals surface area contributed by atoms with Crippen molar-refractivity contribution < 1.29 is 4.79 Å². The molecule has 2 fully saturated rings. The highest BCUT2D eigenvalue weighted by Gasteiger charge is 2.42. The van der Waals surface area contributed by atoms with Gasteiger partial charge in [-0.3, -0.25) is 4.79 Å². The van der Waals surface area contributed by atoms with Gasteiger partial charge in [-0.2, -0.15) is 0 Å². The van der Waals surface area contributed by atoms with Crippen LogP contribution in [0.25, 0.3) is 0 Å². The number of nitrogens with zero attached hydrogens (tertiary/aromatic N) is 1. The van der Waals surface area contributed by atoms with E-state index in [4.69, 9.17) is 0 Å². The Morgan fingerprint density at radius 1 is 1.62 bits per heavy atom. The highest BCUT2D eigenvalue weighted by Crippen LogP contribution is 2.34. The van der Waals surface area contributed by atoms with Gasteiger partial charge in [-0.05, 0) is 26.2 Å². The van der Waals surface area contributed by atoms with Gasteiger partial charge in [-0.15, -0.1) is 11.3 Å². The summed E-state index contributed by atoms with van der Waals surface area (Å²) in [5, 5.41) is 9.07. The highest BCUT2D eigenvalue weighted by atomic mass is 32.1. The smallest absolute Gasteiger partial charge is 0.230 e. The predicted molar refractivity (Wildman–Crippen MR) is 63.5 cm³/mol. The van der Waals surface area contributed by atoms with Gasteiger partial charge < -0.3 is 10.6 Å². The minimum atomic E-state index is 0.133. The second-order valence-corrected chi connectivity index (χ2v) is 5.53. The summed E-state index contributed by atoms with van der Waals surface area (Å²) < 4.78 is 0. The first kappa shape index (κ1) is 10.2. The van der Waals surface area contributed by atoms with E-state index in [9.17, 15) is 4.79 Å². The molecule has 3 unspecified atom stereocenters. The van der Waals surface area contributed by atoms with Crippen LogP contribution in [0.3, 0.4) is 0 Å². The number of amides is 1. The molecule has 0 aliphatic carbocycles. The zero-order valence-corrected chi connectivity index (χ0v) is 10.0. The van der Waals surface area contributed by atoms with Crippen LogP contribution in [0.4, 0.5) is 5.13 Å². The van der Waals surface area contributed by atoms with Crippen LogP contribution in [0.15, 0.2) is 5.38 Å². The molecule has 2 aliphatic heterocycles. The van der Waals surface area contributed by atoms with Gasteiger partial charge in [0, 0.05) is 17.5 Å². The Balaban J connectivity index is 1.65. The molecule has 4 nitrogen and oxygen atoms in total. The van der Waals surface area contributed by atoms with Crippen LogP contribution in [0.1, 0.15) is 25.0 Å². The van der Waals surface area contributed by atoms with Gasteiger partial charge in [0.05, 0.1) is 11.6 Å². The van der Waals surface area contributed by atoms with Gasteiger partial charge in [-0.1, -0.05) is 0 Å². The Morgan fingerprint density at radius 3 is 3.06 bits per heavy atom.